The van der Waals surface area contributed by atoms with Crippen molar-refractivity contribution in [2.75, 3.05) is 32.2 Å². The highest BCUT2D eigenvalue weighted by Gasteiger charge is 2.21. The van der Waals surface area contributed by atoms with E-state index in [0.717, 1.165) is 59.5 Å². The highest BCUT2D eigenvalue weighted by molar-refractivity contribution is 5.95. The summed E-state index contributed by atoms with van der Waals surface area (Å²) in [6.07, 6.45) is 6.81. The lowest BCUT2D eigenvalue weighted by Crippen LogP contribution is -2.19. The second-order valence-electron chi connectivity index (χ2n) is 8.22. The van der Waals surface area contributed by atoms with Crippen LogP contribution in [0.5, 0.6) is 0 Å². The molecule has 5 rings (SSSR count). The maximum Gasteiger partial charge on any atom is 0.339 e. The van der Waals surface area contributed by atoms with Crippen LogP contribution in [0.1, 0.15) is 42.8 Å². The Kier molecular flexibility index (Phi) is 5.30. The van der Waals surface area contributed by atoms with Crippen molar-refractivity contribution in [2.45, 2.75) is 32.4 Å². The number of aromatic nitrogens is 4. The molecule has 1 unspecified atom stereocenters. The summed E-state index contributed by atoms with van der Waals surface area (Å²) in [5.74, 6) is 0.455. The van der Waals surface area contributed by atoms with E-state index in [9.17, 15) is 4.79 Å². The molecular formula is C24H27N5O3. The van der Waals surface area contributed by atoms with E-state index in [-0.39, 0.29) is 12.2 Å². The highest BCUT2D eigenvalue weighted by atomic mass is 16.5. The van der Waals surface area contributed by atoms with Crippen molar-refractivity contribution in [3.8, 4) is 11.3 Å². The number of ether oxygens (including phenoxy) is 2. The Morgan fingerprint density at radius 3 is 2.84 bits per heavy atom. The molecule has 1 aliphatic rings. The average Bonchev–Trinajstić information content (AvgIpc) is 3.46. The lowest BCUT2D eigenvalue weighted by atomic mass is 10.1. The van der Waals surface area contributed by atoms with E-state index < -0.39 is 0 Å². The first-order chi connectivity index (χ1) is 15.6. The number of fused-ring (bicyclic) bond motifs is 3. The minimum absolute atomic E-state index is 0.0335. The maximum atomic E-state index is 12.3. The molecule has 1 atom stereocenters. The molecule has 8 nitrogen and oxygen atoms in total. The van der Waals surface area contributed by atoms with Gasteiger partial charge in [-0.2, -0.15) is 5.10 Å². The van der Waals surface area contributed by atoms with Gasteiger partial charge in [-0.25, -0.2) is 14.5 Å². The van der Waals surface area contributed by atoms with Crippen LogP contribution in [-0.4, -0.2) is 52.4 Å². The van der Waals surface area contributed by atoms with Gasteiger partial charge in [-0.3, -0.25) is 0 Å². The van der Waals surface area contributed by atoms with Crippen molar-refractivity contribution in [1.82, 2.24) is 19.2 Å². The summed E-state index contributed by atoms with van der Waals surface area (Å²) in [6, 6.07) is 10.0. The zero-order chi connectivity index (χ0) is 22.2. The summed E-state index contributed by atoms with van der Waals surface area (Å²) in [4.78, 5) is 19.2. The first-order valence-corrected chi connectivity index (χ1v) is 11.0. The Hall–Kier alpha value is -3.39. The van der Waals surface area contributed by atoms with Crippen LogP contribution in [0.4, 0.5) is 5.82 Å². The fraction of sp³-hybridized carbons (Fsp3) is 0.375. The Morgan fingerprint density at radius 1 is 1.22 bits per heavy atom. The van der Waals surface area contributed by atoms with Crippen LogP contribution in [0.25, 0.3) is 27.8 Å². The van der Waals surface area contributed by atoms with Gasteiger partial charge < -0.3 is 18.8 Å². The van der Waals surface area contributed by atoms with Gasteiger partial charge in [0.2, 0.25) is 0 Å². The fourth-order valence-corrected chi connectivity index (χ4v) is 4.33. The summed E-state index contributed by atoms with van der Waals surface area (Å²) in [5, 5.41) is 4.54. The summed E-state index contributed by atoms with van der Waals surface area (Å²) in [7, 11) is 3.90. The summed E-state index contributed by atoms with van der Waals surface area (Å²) in [5.41, 5.74) is 5.16. The molecule has 1 aromatic carbocycles. The molecule has 0 amide bonds. The van der Waals surface area contributed by atoms with Crippen LogP contribution in [-0.2, 0) is 9.47 Å². The van der Waals surface area contributed by atoms with Gasteiger partial charge in [-0.1, -0.05) is 6.07 Å². The molecule has 166 valence electrons. The molecule has 0 radical (unpaired) electrons. The predicted molar refractivity (Wildman–Crippen MR) is 123 cm³/mol. The Morgan fingerprint density at radius 2 is 2.09 bits per heavy atom. The van der Waals surface area contributed by atoms with Gasteiger partial charge in [0.05, 0.1) is 34.4 Å². The van der Waals surface area contributed by atoms with E-state index >= 15 is 0 Å². The molecule has 1 aliphatic heterocycles. The zero-order valence-electron chi connectivity index (χ0n) is 18.6. The molecule has 1 saturated heterocycles. The number of carbonyl (C=O) groups is 1. The third kappa shape index (κ3) is 3.50. The second kappa shape index (κ2) is 8.27. The van der Waals surface area contributed by atoms with Crippen molar-refractivity contribution in [2.24, 2.45) is 0 Å². The molecule has 0 saturated carbocycles. The minimum atomic E-state index is -0.331. The van der Waals surface area contributed by atoms with Crippen LogP contribution in [0.15, 0.2) is 42.7 Å². The van der Waals surface area contributed by atoms with Gasteiger partial charge in [0.1, 0.15) is 0 Å². The first-order valence-electron chi connectivity index (χ1n) is 11.0. The molecule has 0 spiro atoms. The molecule has 1 fully saturated rings. The lowest BCUT2D eigenvalue weighted by Gasteiger charge is -2.24. The van der Waals surface area contributed by atoms with E-state index in [2.05, 4.69) is 17.2 Å². The molecule has 4 heterocycles. The van der Waals surface area contributed by atoms with E-state index in [1.807, 2.05) is 58.7 Å². The van der Waals surface area contributed by atoms with Gasteiger partial charge in [0, 0.05) is 38.7 Å². The van der Waals surface area contributed by atoms with Crippen LogP contribution in [0.3, 0.4) is 0 Å². The molecule has 32 heavy (non-hydrogen) atoms. The molecule has 3 aromatic heterocycles. The Balaban J connectivity index is 1.64. The largest absolute Gasteiger partial charge is 0.462 e. The first kappa shape index (κ1) is 20.5. The second-order valence-corrected chi connectivity index (χ2v) is 8.22. The molecule has 8 heteroatoms. The van der Waals surface area contributed by atoms with E-state index in [4.69, 9.17) is 14.5 Å². The topological polar surface area (TPSA) is 73.9 Å². The highest BCUT2D eigenvalue weighted by Crippen LogP contribution is 2.32. The number of anilines is 1. The van der Waals surface area contributed by atoms with Crippen molar-refractivity contribution in [3.63, 3.8) is 0 Å². The van der Waals surface area contributed by atoms with Gasteiger partial charge in [0.25, 0.3) is 0 Å². The minimum Gasteiger partial charge on any atom is -0.462 e. The van der Waals surface area contributed by atoms with Crippen LogP contribution < -0.4 is 4.90 Å². The van der Waals surface area contributed by atoms with Crippen molar-refractivity contribution in [1.29, 1.82) is 0 Å². The number of hydrogen-bond donors (Lipinski definition) is 0. The van der Waals surface area contributed by atoms with Gasteiger partial charge >= 0.3 is 5.97 Å². The van der Waals surface area contributed by atoms with Crippen molar-refractivity contribution in [3.05, 3.63) is 48.3 Å². The molecule has 0 bridgehead atoms. The van der Waals surface area contributed by atoms with E-state index in [0.29, 0.717) is 12.2 Å². The summed E-state index contributed by atoms with van der Waals surface area (Å²) in [6.45, 7) is 2.91. The standard InChI is InChI=1S/C24H27N5O3/c1-4-31-24(30)17-14-21-23(27(2)3)26-18-13-16(8-9-20(18)28(21)15-17)19-10-11-25-29(19)22-7-5-6-12-32-22/h8-11,13-15,22H,4-7,12H2,1-3H3. The lowest BCUT2D eigenvalue weighted by molar-refractivity contribution is -0.0383. The molecule has 4 aromatic rings. The van der Waals surface area contributed by atoms with Crippen molar-refractivity contribution < 1.29 is 14.3 Å². The molecule has 0 N–H and O–H groups in total. The molecular weight excluding hydrogens is 406 g/mol. The fourth-order valence-electron chi connectivity index (χ4n) is 4.33. The number of esters is 1. The quantitative estimate of drug-likeness (QED) is 0.437. The number of rotatable bonds is 5. The normalized spacial score (nSPS) is 16.5. The van der Waals surface area contributed by atoms with Gasteiger partial charge in [-0.05, 0) is 50.5 Å². The van der Waals surface area contributed by atoms with Crippen LogP contribution in [0, 0.1) is 0 Å². The Labute approximate surface area is 186 Å². The smallest absolute Gasteiger partial charge is 0.339 e. The third-order valence-electron chi connectivity index (χ3n) is 5.84. The number of hydrogen-bond acceptors (Lipinski definition) is 6. The number of carbonyl (C=O) groups excluding carboxylic acids is 1. The maximum absolute atomic E-state index is 12.3. The average molecular weight is 434 g/mol. The Bertz CT molecular complexity index is 1280. The number of benzene rings is 1. The SMILES string of the molecule is CCOC(=O)c1cc2c(N(C)C)nc3cc(-c4ccnn4C4CCCCO4)ccc3n2c1. The summed E-state index contributed by atoms with van der Waals surface area (Å²) < 4.78 is 15.1. The summed E-state index contributed by atoms with van der Waals surface area (Å²) >= 11 is 0. The van der Waals surface area contributed by atoms with Gasteiger partial charge in [-0.15, -0.1) is 0 Å². The number of nitrogens with zero attached hydrogens (tertiary/aromatic N) is 5. The van der Waals surface area contributed by atoms with E-state index in [1.165, 1.54) is 0 Å². The van der Waals surface area contributed by atoms with Crippen molar-refractivity contribution >= 4 is 28.3 Å². The third-order valence-corrected chi connectivity index (χ3v) is 5.84. The van der Waals surface area contributed by atoms with Crippen LogP contribution in [0.2, 0.25) is 0 Å². The predicted octanol–water partition coefficient (Wildman–Crippen LogP) is 4.29. The monoisotopic (exact) mass is 433 g/mol. The van der Waals surface area contributed by atoms with E-state index in [1.54, 1.807) is 6.92 Å². The van der Waals surface area contributed by atoms with Crippen LogP contribution >= 0.6 is 0 Å². The zero-order valence-corrected chi connectivity index (χ0v) is 18.6. The van der Waals surface area contributed by atoms with Gasteiger partial charge in [0.15, 0.2) is 12.0 Å². The molecule has 0 aliphatic carbocycles.